The number of rotatable bonds is 4. The summed E-state index contributed by atoms with van der Waals surface area (Å²) in [4.78, 5) is 24.6. The minimum absolute atomic E-state index is 0.0781. The molecule has 5 N–H and O–H groups in total. The highest BCUT2D eigenvalue weighted by molar-refractivity contribution is 6.34. The number of nitrogens with two attached hydrogens (primary N) is 1. The molecule has 0 radical (unpaired) electrons. The van der Waals surface area contributed by atoms with Crippen LogP contribution >= 0.6 is 11.6 Å². The van der Waals surface area contributed by atoms with Crippen LogP contribution in [0.25, 0.3) is 0 Å². The molecular formula is C18H27ClN4O2. The third-order valence-electron chi connectivity index (χ3n) is 4.24. The van der Waals surface area contributed by atoms with Gasteiger partial charge in [-0.3, -0.25) is 4.79 Å². The number of carbonyl (C=O) groups is 2. The summed E-state index contributed by atoms with van der Waals surface area (Å²) in [6.07, 6.45) is 3.02. The molecule has 0 saturated heterocycles. The van der Waals surface area contributed by atoms with Crippen LogP contribution in [0.5, 0.6) is 0 Å². The number of carbonyl (C=O) groups excluding carboxylic acids is 2. The van der Waals surface area contributed by atoms with Gasteiger partial charge >= 0.3 is 6.03 Å². The van der Waals surface area contributed by atoms with Gasteiger partial charge in [0.1, 0.15) is 0 Å². The van der Waals surface area contributed by atoms with Gasteiger partial charge in [-0.15, -0.1) is 0 Å². The van der Waals surface area contributed by atoms with Crippen molar-refractivity contribution in [1.29, 1.82) is 0 Å². The Labute approximate surface area is 153 Å². The lowest BCUT2D eigenvalue weighted by Crippen LogP contribution is -2.43. The average Bonchev–Trinajstić information content (AvgIpc) is 2.94. The largest absolute Gasteiger partial charge is 0.349 e. The van der Waals surface area contributed by atoms with Crippen molar-refractivity contribution in [3.63, 3.8) is 0 Å². The second-order valence-corrected chi connectivity index (χ2v) is 7.94. The topological polar surface area (TPSA) is 96.2 Å². The summed E-state index contributed by atoms with van der Waals surface area (Å²) in [6, 6.07) is 4.61. The van der Waals surface area contributed by atoms with Crippen LogP contribution in [0.15, 0.2) is 18.2 Å². The van der Waals surface area contributed by atoms with Gasteiger partial charge in [0.2, 0.25) is 0 Å². The lowest BCUT2D eigenvalue weighted by molar-refractivity contribution is 0.0929. The maximum atomic E-state index is 12.6. The van der Waals surface area contributed by atoms with Crippen molar-refractivity contribution < 1.29 is 9.59 Å². The lowest BCUT2D eigenvalue weighted by atomic mass is 10.0. The Kier molecular flexibility index (Phi) is 6.30. The summed E-state index contributed by atoms with van der Waals surface area (Å²) in [6.45, 7) is 6.24. The summed E-state index contributed by atoms with van der Waals surface area (Å²) in [5, 5.41) is 8.90. The molecule has 0 heterocycles. The number of anilines is 1. The van der Waals surface area contributed by atoms with E-state index in [1.165, 1.54) is 0 Å². The van der Waals surface area contributed by atoms with Crippen molar-refractivity contribution in [3.8, 4) is 0 Å². The van der Waals surface area contributed by atoms with Gasteiger partial charge in [0, 0.05) is 17.3 Å². The molecular weight excluding hydrogens is 340 g/mol. The fourth-order valence-electron chi connectivity index (χ4n) is 3.04. The molecule has 2 atom stereocenters. The molecule has 138 valence electrons. The molecule has 1 aliphatic rings. The van der Waals surface area contributed by atoms with E-state index in [2.05, 4.69) is 16.0 Å². The highest BCUT2D eigenvalue weighted by atomic mass is 35.5. The first-order chi connectivity index (χ1) is 11.7. The van der Waals surface area contributed by atoms with Crippen LogP contribution in [0.4, 0.5) is 10.5 Å². The highest BCUT2D eigenvalue weighted by Gasteiger charge is 2.28. The van der Waals surface area contributed by atoms with Crippen LogP contribution in [0, 0.1) is 5.92 Å². The first kappa shape index (κ1) is 19.5. The van der Waals surface area contributed by atoms with Gasteiger partial charge in [0.15, 0.2) is 0 Å². The van der Waals surface area contributed by atoms with Crippen molar-refractivity contribution in [3.05, 3.63) is 28.8 Å². The molecule has 1 aliphatic carbocycles. The van der Waals surface area contributed by atoms with Crippen molar-refractivity contribution >= 4 is 29.2 Å². The zero-order valence-electron chi connectivity index (χ0n) is 15.0. The molecule has 1 saturated carbocycles. The fourth-order valence-corrected chi connectivity index (χ4v) is 3.24. The fraction of sp³-hybridized carbons (Fsp3) is 0.556. The Hall–Kier alpha value is -1.79. The number of hydrogen-bond donors (Lipinski definition) is 4. The molecule has 7 heteroatoms. The molecule has 1 aromatic carbocycles. The van der Waals surface area contributed by atoms with Crippen LogP contribution in [0.2, 0.25) is 5.02 Å². The predicted molar refractivity (Wildman–Crippen MR) is 101 cm³/mol. The molecule has 2 rings (SSSR count). The minimum Gasteiger partial charge on any atom is -0.349 e. The van der Waals surface area contributed by atoms with Crippen LogP contribution < -0.4 is 21.7 Å². The molecule has 0 aromatic heterocycles. The summed E-state index contributed by atoms with van der Waals surface area (Å²) in [7, 11) is 0. The van der Waals surface area contributed by atoms with E-state index in [1.54, 1.807) is 18.2 Å². The number of amides is 3. The quantitative estimate of drug-likeness (QED) is 0.659. The van der Waals surface area contributed by atoms with Crippen LogP contribution in [0.1, 0.15) is 50.4 Å². The molecule has 6 nitrogen and oxygen atoms in total. The van der Waals surface area contributed by atoms with E-state index >= 15 is 0 Å². The predicted octanol–water partition coefficient (Wildman–Crippen LogP) is 3.12. The van der Waals surface area contributed by atoms with E-state index in [1.807, 2.05) is 20.8 Å². The average molecular weight is 367 g/mol. The monoisotopic (exact) mass is 366 g/mol. The second-order valence-electron chi connectivity index (χ2n) is 7.53. The third kappa shape index (κ3) is 5.61. The van der Waals surface area contributed by atoms with Gasteiger partial charge in [-0.1, -0.05) is 18.0 Å². The summed E-state index contributed by atoms with van der Waals surface area (Å²) < 4.78 is 0. The first-order valence-corrected chi connectivity index (χ1v) is 8.97. The maximum absolute atomic E-state index is 12.6. The third-order valence-corrected chi connectivity index (χ3v) is 4.57. The van der Waals surface area contributed by atoms with Crippen LogP contribution in [0.3, 0.4) is 0 Å². The van der Waals surface area contributed by atoms with Gasteiger partial charge in [-0.2, -0.15) is 0 Å². The molecule has 0 spiro atoms. The van der Waals surface area contributed by atoms with Gasteiger partial charge in [0.25, 0.3) is 5.91 Å². The normalized spacial score (nSPS) is 20.2. The lowest BCUT2D eigenvalue weighted by Gasteiger charge is -2.21. The van der Waals surface area contributed by atoms with Gasteiger partial charge in [-0.05, 0) is 64.3 Å². The van der Waals surface area contributed by atoms with Gasteiger partial charge in [-0.25, -0.2) is 4.79 Å². The van der Waals surface area contributed by atoms with Crippen molar-refractivity contribution in [1.82, 2.24) is 10.6 Å². The molecule has 3 amide bonds. The SMILES string of the molecule is CC(C)(C)NC(=O)Nc1ccc(Cl)c(C(=O)NC2CCCC2CN)c1. The molecule has 25 heavy (non-hydrogen) atoms. The number of urea groups is 1. The standard InChI is InChI=1S/C18H27ClN4O2/c1-18(2,3)23-17(25)21-12-7-8-14(19)13(9-12)16(24)22-15-6-4-5-11(15)10-20/h7-9,11,15H,4-6,10,20H2,1-3H3,(H,22,24)(H2,21,23,25). The highest BCUT2D eigenvalue weighted by Crippen LogP contribution is 2.26. The minimum atomic E-state index is -0.351. The van der Waals surface area contributed by atoms with E-state index < -0.39 is 0 Å². The van der Waals surface area contributed by atoms with E-state index in [-0.39, 0.29) is 23.5 Å². The van der Waals surface area contributed by atoms with Crippen LogP contribution in [-0.2, 0) is 0 Å². The van der Waals surface area contributed by atoms with E-state index in [0.717, 1.165) is 19.3 Å². The molecule has 0 bridgehead atoms. The number of nitrogens with one attached hydrogen (secondary N) is 3. The zero-order valence-corrected chi connectivity index (χ0v) is 15.7. The number of halogens is 1. The van der Waals surface area contributed by atoms with E-state index in [4.69, 9.17) is 17.3 Å². The summed E-state index contributed by atoms with van der Waals surface area (Å²) in [5.41, 5.74) is 6.27. The Morgan fingerprint density at radius 3 is 2.64 bits per heavy atom. The van der Waals surface area contributed by atoms with E-state index in [0.29, 0.717) is 28.7 Å². The number of benzene rings is 1. The van der Waals surface area contributed by atoms with E-state index in [9.17, 15) is 9.59 Å². The van der Waals surface area contributed by atoms with Crippen molar-refractivity contribution in [2.24, 2.45) is 11.7 Å². The summed E-state index contributed by atoms with van der Waals surface area (Å²) in [5.74, 6) is 0.0665. The first-order valence-electron chi connectivity index (χ1n) is 8.59. The smallest absolute Gasteiger partial charge is 0.319 e. The summed E-state index contributed by atoms with van der Waals surface area (Å²) >= 11 is 6.18. The molecule has 1 fully saturated rings. The zero-order chi connectivity index (χ0) is 18.6. The molecule has 0 aliphatic heterocycles. The second kappa shape index (κ2) is 8.06. The maximum Gasteiger partial charge on any atom is 0.319 e. The number of hydrogen-bond acceptors (Lipinski definition) is 3. The Bertz CT molecular complexity index is 642. The van der Waals surface area contributed by atoms with Gasteiger partial charge < -0.3 is 21.7 Å². The molecule has 1 aromatic rings. The van der Waals surface area contributed by atoms with Crippen molar-refractivity contribution in [2.45, 2.75) is 51.6 Å². The Morgan fingerprint density at radius 1 is 1.28 bits per heavy atom. The van der Waals surface area contributed by atoms with Gasteiger partial charge in [0.05, 0.1) is 10.6 Å². The van der Waals surface area contributed by atoms with Crippen LogP contribution in [-0.4, -0.2) is 30.1 Å². The van der Waals surface area contributed by atoms with Crippen molar-refractivity contribution in [2.75, 3.05) is 11.9 Å². The Balaban J connectivity index is 2.07. The Morgan fingerprint density at radius 2 is 2.00 bits per heavy atom. The molecule has 2 unspecified atom stereocenters.